The molecule has 2 atom stereocenters. The van der Waals surface area contributed by atoms with Gasteiger partial charge in [0.15, 0.2) is 0 Å². The van der Waals surface area contributed by atoms with Crippen LogP contribution < -0.4 is 0 Å². The van der Waals surface area contributed by atoms with E-state index < -0.39 is 12.0 Å². The Labute approximate surface area is 123 Å². The Morgan fingerprint density at radius 2 is 2.10 bits per heavy atom. The third-order valence-electron chi connectivity index (χ3n) is 4.08. The second-order valence-electron chi connectivity index (χ2n) is 5.31. The van der Waals surface area contributed by atoms with Crippen LogP contribution in [0.4, 0.5) is 0 Å². The highest BCUT2D eigenvalue weighted by Crippen LogP contribution is 2.30. The van der Waals surface area contributed by atoms with Gasteiger partial charge in [-0.1, -0.05) is 24.3 Å². The number of aliphatic carboxylic acids is 1. The van der Waals surface area contributed by atoms with E-state index in [0.29, 0.717) is 13.0 Å². The van der Waals surface area contributed by atoms with Gasteiger partial charge in [-0.2, -0.15) is 0 Å². The molecule has 1 aliphatic rings. The zero-order valence-corrected chi connectivity index (χ0v) is 11.8. The van der Waals surface area contributed by atoms with E-state index >= 15 is 0 Å². The van der Waals surface area contributed by atoms with Crippen molar-refractivity contribution in [3.63, 3.8) is 0 Å². The molecule has 0 bridgehead atoms. The number of aromatic nitrogens is 2. The van der Waals surface area contributed by atoms with Gasteiger partial charge in [0.1, 0.15) is 6.04 Å². The van der Waals surface area contributed by atoms with Crippen LogP contribution in [0.3, 0.4) is 0 Å². The Kier molecular flexibility index (Phi) is 3.66. The first-order chi connectivity index (χ1) is 10.2. The summed E-state index contributed by atoms with van der Waals surface area (Å²) in [5.41, 5.74) is 3.10. The Bertz CT molecular complexity index is 645. The lowest BCUT2D eigenvalue weighted by atomic mass is 9.92. The summed E-state index contributed by atoms with van der Waals surface area (Å²) in [4.78, 5) is 22.0. The molecule has 0 spiro atoms. The molecule has 0 saturated carbocycles. The molecule has 0 fully saturated rings. The molecule has 0 radical (unpaired) electrons. The molecule has 1 aliphatic heterocycles. The quantitative estimate of drug-likeness (QED) is 0.934. The van der Waals surface area contributed by atoms with E-state index in [0.717, 1.165) is 11.3 Å². The molecule has 1 aromatic heterocycles. The fraction of sp³-hybridized carbons (Fsp3) is 0.312. The standard InChI is InChI=1S/C16H17N3O2/c1-11(14-9-17-6-7-18-14)19-10-13-5-3-2-4-12(13)8-15(19)16(20)21/h2-7,9,11,15H,8,10H2,1H3,(H,20,21). The van der Waals surface area contributed by atoms with Gasteiger partial charge in [0.05, 0.1) is 11.7 Å². The first-order valence-corrected chi connectivity index (χ1v) is 6.98. The van der Waals surface area contributed by atoms with Crippen LogP contribution in [0, 0.1) is 0 Å². The van der Waals surface area contributed by atoms with Gasteiger partial charge >= 0.3 is 5.97 Å². The van der Waals surface area contributed by atoms with E-state index in [4.69, 9.17) is 0 Å². The van der Waals surface area contributed by atoms with Gasteiger partial charge in [-0.15, -0.1) is 0 Å². The number of benzene rings is 1. The third kappa shape index (κ3) is 2.64. The van der Waals surface area contributed by atoms with Crippen LogP contribution in [-0.4, -0.2) is 32.0 Å². The summed E-state index contributed by atoms with van der Waals surface area (Å²) in [6.07, 6.45) is 5.48. The normalized spacial score (nSPS) is 19.8. The van der Waals surface area contributed by atoms with Crippen LogP contribution in [0.25, 0.3) is 0 Å². The number of carbonyl (C=O) groups is 1. The number of rotatable bonds is 3. The predicted octanol–water partition coefficient (Wildman–Crippen LogP) is 2.05. The van der Waals surface area contributed by atoms with Crippen LogP contribution in [0.15, 0.2) is 42.9 Å². The molecule has 2 unspecified atom stereocenters. The maximum Gasteiger partial charge on any atom is 0.321 e. The van der Waals surface area contributed by atoms with Crippen molar-refractivity contribution in [3.8, 4) is 0 Å². The zero-order valence-electron chi connectivity index (χ0n) is 11.8. The van der Waals surface area contributed by atoms with Crippen molar-refractivity contribution >= 4 is 5.97 Å². The topological polar surface area (TPSA) is 66.3 Å². The SMILES string of the molecule is CC(c1cnccn1)N1Cc2ccccc2CC1C(=O)O. The van der Waals surface area contributed by atoms with Gasteiger partial charge in [0, 0.05) is 25.1 Å². The minimum Gasteiger partial charge on any atom is -0.480 e. The lowest BCUT2D eigenvalue weighted by molar-refractivity contribution is -0.145. The molecular weight excluding hydrogens is 266 g/mol. The third-order valence-corrected chi connectivity index (χ3v) is 4.08. The molecule has 1 aromatic carbocycles. The number of hydrogen-bond donors (Lipinski definition) is 1. The molecule has 3 rings (SSSR count). The summed E-state index contributed by atoms with van der Waals surface area (Å²) in [6.45, 7) is 2.60. The first kappa shape index (κ1) is 13.7. The largest absolute Gasteiger partial charge is 0.480 e. The molecule has 5 nitrogen and oxygen atoms in total. The number of nitrogens with zero attached hydrogens (tertiary/aromatic N) is 3. The van der Waals surface area contributed by atoms with E-state index in [1.165, 1.54) is 5.56 Å². The van der Waals surface area contributed by atoms with Gasteiger partial charge in [-0.3, -0.25) is 19.7 Å². The Morgan fingerprint density at radius 1 is 1.33 bits per heavy atom. The average Bonchev–Trinajstić information content (AvgIpc) is 2.53. The monoisotopic (exact) mass is 283 g/mol. The van der Waals surface area contributed by atoms with Crippen molar-refractivity contribution in [2.24, 2.45) is 0 Å². The van der Waals surface area contributed by atoms with Gasteiger partial charge in [-0.05, 0) is 24.5 Å². The molecule has 5 heteroatoms. The van der Waals surface area contributed by atoms with Crippen LogP contribution in [0.2, 0.25) is 0 Å². The van der Waals surface area contributed by atoms with E-state index in [9.17, 15) is 9.90 Å². The highest BCUT2D eigenvalue weighted by molar-refractivity contribution is 5.74. The summed E-state index contributed by atoms with van der Waals surface area (Å²) in [7, 11) is 0. The molecule has 0 amide bonds. The number of carboxylic acids is 1. The van der Waals surface area contributed by atoms with Crippen molar-refractivity contribution in [1.29, 1.82) is 0 Å². The van der Waals surface area contributed by atoms with Crippen LogP contribution in [-0.2, 0) is 17.8 Å². The molecule has 2 heterocycles. The van der Waals surface area contributed by atoms with Crippen LogP contribution in [0.5, 0.6) is 0 Å². The predicted molar refractivity (Wildman–Crippen MR) is 77.6 cm³/mol. The minimum absolute atomic E-state index is 0.0897. The van der Waals surface area contributed by atoms with Gasteiger partial charge in [0.25, 0.3) is 0 Å². The van der Waals surface area contributed by atoms with Gasteiger partial charge < -0.3 is 5.11 Å². The summed E-state index contributed by atoms with van der Waals surface area (Å²) in [6, 6.07) is 7.40. The minimum atomic E-state index is -0.791. The van der Waals surface area contributed by atoms with Crippen LogP contribution >= 0.6 is 0 Å². The summed E-state index contributed by atoms with van der Waals surface area (Å²) >= 11 is 0. The number of hydrogen-bond acceptors (Lipinski definition) is 4. The van der Waals surface area contributed by atoms with Gasteiger partial charge in [0.2, 0.25) is 0 Å². The second-order valence-corrected chi connectivity index (χ2v) is 5.31. The van der Waals surface area contributed by atoms with Crippen molar-refractivity contribution in [2.45, 2.75) is 32.0 Å². The molecule has 1 N–H and O–H groups in total. The maximum absolute atomic E-state index is 11.6. The fourth-order valence-corrected chi connectivity index (χ4v) is 2.88. The van der Waals surface area contributed by atoms with Crippen molar-refractivity contribution in [3.05, 3.63) is 59.7 Å². The van der Waals surface area contributed by atoms with E-state index in [-0.39, 0.29) is 6.04 Å². The van der Waals surface area contributed by atoms with Crippen molar-refractivity contribution in [2.75, 3.05) is 0 Å². The number of carboxylic acid groups (broad SMARTS) is 1. The highest BCUT2D eigenvalue weighted by Gasteiger charge is 2.35. The summed E-state index contributed by atoms with van der Waals surface area (Å²) in [5.74, 6) is -0.791. The zero-order chi connectivity index (χ0) is 14.8. The van der Waals surface area contributed by atoms with E-state index in [1.807, 2.05) is 30.0 Å². The molecule has 0 saturated heterocycles. The molecule has 0 aliphatic carbocycles. The van der Waals surface area contributed by atoms with Crippen LogP contribution in [0.1, 0.15) is 29.8 Å². The molecule has 2 aromatic rings. The molecular formula is C16H17N3O2. The lowest BCUT2D eigenvalue weighted by Gasteiger charge is -2.38. The molecule has 21 heavy (non-hydrogen) atoms. The maximum atomic E-state index is 11.6. The van der Waals surface area contributed by atoms with E-state index in [2.05, 4.69) is 16.0 Å². The Morgan fingerprint density at radius 3 is 2.76 bits per heavy atom. The second kappa shape index (κ2) is 5.61. The summed E-state index contributed by atoms with van der Waals surface area (Å²) < 4.78 is 0. The fourth-order valence-electron chi connectivity index (χ4n) is 2.88. The first-order valence-electron chi connectivity index (χ1n) is 6.98. The van der Waals surface area contributed by atoms with Crippen molar-refractivity contribution < 1.29 is 9.90 Å². The highest BCUT2D eigenvalue weighted by atomic mass is 16.4. The number of fused-ring (bicyclic) bond motifs is 1. The Hall–Kier alpha value is -2.27. The summed E-state index contributed by atoms with van der Waals surface area (Å²) in [5, 5.41) is 9.55. The van der Waals surface area contributed by atoms with Crippen molar-refractivity contribution in [1.82, 2.24) is 14.9 Å². The Balaban J connectivity index is 1.94. The lowest BCUT2D eigenvalue weighted by Crippen LogP contribution is -2.46. The molecule has 108 valence electrons. The average molecular weight is 283 g/mol. The van der Waals surface area contributed by atoms with Gasteiger partial charge in [-0.25, -0.2) is 0 Å². The van der Waals surface area contributed by atoms with E-state index in [1.54, 1.807) is 18.6 Å². The smallest absolute Gasteiger partial charge is 0.321 e.